The molecule has 0 radical (unpaired) electrons. The number of aliphatic hydroxyl groups excluding tert-OH is 1. The third-order valence-corrected chi connectivity index (χ3v) is 8.19. The molecule has 4 unspecified atom stereocenters. The third kappa shape index (κ3) is 2.01. The molecule has 4 aliphatic rings. The third-order valence-electron chi connectivity index (χ3n) is 8.19. The minimum atomic E-state index is -0.698. The molecular formula is C20H28O4. The lowest BCUT2D eigenvalue weighted by Gasteiger charge is -2.59. The Hall–Kier alpha value is -1.16. The fraction of sp³-hybridized carbons (Fsp3) is 0.800. The van der Waals surface area contributed by atoms with E-state index in [1.807, 2.05) is 6.08 Å². The average Bonchev–Trinajstić information content (AvgIpc) is 2.84. The molecule has 0 saturated heterocycles. The van der Waals surface area contributed by atoms with Gasteiger partial charge in [0, 0.05) is 6.42 Å². The zero-order valence-corrected chi connectivity index (χ0v) is 14.6. The number of fused-ring (bicyclic) bond motifs is 5. The lowest BCUT2D eigenvalue weighted by atomic mass is 9.46. The molecule has 4 aliphatic carbocycles. The number of aliphatic hydroxyl groups is 1. The van der Waals surface area contributed by atoms with E-state index in [1.165, 1.54) is 5.57 Å². The fourth-order valence-corrected chi connectivity index (χ4v) is 7.09. The van der Waals surface area contributed by atoms with Crippen LogP contribution in [0.3, 0.4) is 0 Å². The first-order valence-corrected chi connectivity index (χ1v) is 9.42. The molecule has 24 heavy (non-hydrogen) atoms. The zero-order valence-electron chi connectivity index (χ0n) is 14.6. The Labute approximate surface area is 143 Å². The quantitative estimate of drug-likeness (QED) is 0.773. The summed E-state index contributed by atoms with van der Waals surface area (Å²) in [5, 5.41) is 20.7. The minimum absolute atomic E-state index is 0.0844. The van der Waals surface area contributed by atoms with Crippen molar-refractivity contribution in [2.24, 2.45) is 34.5 Å². The lowest BCUT2D eigenvalue weighted by molar-refractivity contribution is -0.158. The van der Waals surface area contributed by atoms with Crippen LogP contribution in [0.25, 0.3) is 0 Å². The molecule has 0 spiro atoms. The van der Waals surface area contributed by atoms with Gasteiger partial charge in [0.05, 0.1) is 12.0 Å². The number of carbonyl (C=O) groups is 2. The lowest BCUT2D eigenvalue weighted by Crippen LogP contribution is -2.57. The molecule has 0 heterocycles. The smallest absolute Gasteiger partial charge is 0.307 e. The van der Waals surface area contributed by atoms with E-state index in [2.05, 4.69) is 13.8 Å². The van der Waals surface area contributed by atoms with Crippen molar-refractivity contribution >= 4 is 11.8 Å². The Morgan fingerprint density at radius 3 is 2.67 bits per heavy atom. The molecule has 132 valence electrons. The van der Waals surface area contributed by atoms with Crippen molar-refractivity contribution in [1.29, 1.82) is 0 Å². The highest BCUT2D eigenvalue weighted by molar-refractivity contribution is 5.91. The van der Waals surface area contributed by atoms with Gasteiger partial charge in [0.25, 0.3) is 0 Å². The molecule has 4 rings (SSSR count). The number of carbonyl (C=O) groups excluding carboxylic acids is 1. The van der Waals surface area contributed by atoms with Gasteiger partial charge in [-0.15, -0.1) is 0 Å². The SMILES string of the molecule is C[C@]12CCC(=O)C=C1CCC1C2C(O)C[C@@]2(C)C1CC[C@@H]2C(=O)O. The van der Waals surface area contributed by atoms with Gasteiger partial charge in [-0.25, -0.2) is 0 Å². The first-order chi connectivity index (χ1) is 11.3. The van der Waals surface area contributed by atoms with Crippen LogP contribution in [0.5, 0.6) is 0 Å². The molecule has 0 aromatic rings. The van der Waals surface area contributed by atoms with Crippen LogP contribution in [0.15, 0.2) is 11.6 Å². The number of hydrogen-bond acceptors (Lipinski definition) is 3. The van der Waals surface area contributed by atoms with Crippen LogP contribution in [-0.2, 0) is 9.59 Å². The van der Waals surface area contributed by atoms with E-state index in [0.717, 1.165) is 32.1 Å². The first kappa shape index (κ1) is 16.3. The summed E-state index contributed by atoms with van der Waals surface area (Å²) >= 11 is 0. The maximum Gasteiger partial charge on any atom is 0.307 e. The van der Waals surface area contributed by atoms with Crippen molar-refractivity contribution in [1.82, 2.24) is 0 Å². The Morgan fingerprint density at radius 1 is 1.21 bits per heavy atom. The maximum atomic E-state index is 11.8. The topological polar surface area (TPSA) is 74.6 Å². The molecule has 3 saturated carbocycles. The molecule has 0 amide bonds. The van der Waals surface area contributed by atoms with Crippen LogP contribution < -0.4 is 0 Å². The summed E-state index contributed by atoms with van der Waals surface area (Å²) in [7, 11) is 0. The van der Waals surface area contributed by atoms with Gasteiger partial charge in [-0.3, -0.25) is 9.59 Å². The van der Waals surface area contributed by atoms with Gasteiger partial charge in [-0.2, -0.15) is 0 Å². The van der Waals surface area contributed by atoms with E-state index in [0.29, 0.717) is 24.7 Å². The van der Waals surface area contributed by atoms with Crippen LogP contribution in [0.4, 0.5) is 0 Å². The second-order valence-electron chi connectivity index (χ2n) is 9.13. The zero-order chi connectivity index (χ0) is 17.3. The molecule has 7 atom stereocenters. The van der Waals surface area contributed by atoms with Crippen molar-refractivity contribution in [2.45, 2.75) is 64.9 Å². The van der Waals surface area contributed by atoms with E-state index in [4.69, 9.17) is 0 Å². The van der Waals surface area contributed by atoms with Crippen LogP contribution in [0, 0.1) is 34.5 Å². The summed E-state index contributed by atoms with van der Waals surface area (Å²) in [6.07, 6.45) is 7.01. The molecule has 3 fully saturated rings. The summed E-state index contributed by atoms with van der Waals surface area (Å²) in [5.41, 5.74) is 0.864. The van der Waals surface area contributed by atoms with Gasteiger partial charge >= 0.3 is 5.97 Å². The highest BCUT2D eigenvalue weighted by Gasteiger charge is 2.63. The maximum absolute atomic E-state index is 11.8. The van der Waals surface area contributed by atoms with Gasteiger partial charge in [0.1, 0.15) is 0 Å². The molecule has 4 nitrogen and oxygen atoms in total. The Bertz CT molecular complexity index is 623. The number of carboxylic acids is 1. The number of rotatable bonds is 1. The monoisotopic (exact) mass is 332 g/mol. The van der Waals surface area contributed by atoms with Crippen molar-refractivity contribution < 1.29 is 19.8 Å². The molecule has 0 aromatic heterocycles. The Balaban J connectivity index is 1.72. The normalized spacial score (nSPS) is 50.5. The van der Waals surface area contributed by atoms with E-state index < -0.39 is 12.1 Å². The second kappa shape index (κ2) is 5.17. The van der Waals surface area contributed by atoms with E-state index in [1.54, 1.807) is 0 Å². The predicted molar refractivity (Wildman–Crippen MR) is 89.2 cm³/mol. The van der Waals surface area contributed by atoms with Crippen molar-refractivity contribution in [2.75, 3.05) is 0 Å². The number of hydrogen-bond donors (Lipinski definition) is 2. The summed E-state index contributed by atoms with van der Waals surface area (Å²) < 4.78 is 0. The molecule has 0 aliphatic heterocycles. The molecular weight excluding hydrogens is 304 g/mol. The second-order valence-corrected chi connectivity index (χ2v) is 9.13. The molecule has 4 heteroatoms. The largest absolute Gasteiger partial charge is 0.481 e. The van der Waals surface area contributed by atoms with Crippen LogP contribution in [0.2, 0.25) is 0 Å². The van der Waals surface area contributed by atoms with Crippen LogP contribution in [0.1, 0.15) is 58.8 Å². The number of aliphatic carboxylic acids is 1. The average molecular weight is 332 g/mol. The Morgan fingerprint density at radius 2 is 1.96 bits per heavy atom. The van der Waals surface area contributed by atoms with E-state index >= 15 is 0 Å². The highest BCUT2D eigenvalue weighted by atomic mass is 16.4. The number of ketones is 1. The van der Waals surface area contributed by atoms with Gasteiger partial charge in [-0.1, -0.05) is 19.4 Å². The van der Waals surface area contributed by atoms with Crippen molar-refractivity contribution in [3.8, 4) is 0 Å². The van der Waals surface area contributed by atoms with Gasteiger partial charge < -0.3 is 10.2 Å². The fourth-order valence-electron chi connectivity index (χ4n) is 7.09. The van der Waals surface area contributed by atoms with Gasteiger partial charge in [-0.05, 0) is 73.2 Å². The van der Waals surface area contributed by atoms with Crippen LogP contribution in [-0.4, -0.2) is 28.1 Å². The highest BCUT2D eigenvalue weighted by Crippen LogP contribution is 2.66. The summed E-state index contributed by atoms with van der Waals surface area (Å²) in [6.45, 7) is 4.33. The van der Waals surface area contributed by atoms with Crippen molar-refractivity contribution in [3.05, 3.63) is 11.6 Å². The summed E-state index contributed by atoms with van der Waals surface area (Å²) in [6, 6.07) is 0. The first-order valence-electron chi connectivity index (χ1n) is 9.42. The predicted octanol–water partition coefficient (Wildman–Crippen LogP) is 3.19. The van der Waals surface area contributed by atoms with Crippen LogP contribution >= 0.6 is 0 Å². The molecule has 2 N–H and O–H groups in total. The Kier molecular flexibility index (Phi) is 3.51. The summed E-state index contributed by atoms with van der Waals surface area (Å²) in [4.78, 5) is 23.6. The molecule has 0 bridgehead atoms. The summed E-state index contributed by atoms with van der Waals surface area (Å²) in [5.74, 6) is 0.160. The van der Waals surface area contributed by atoms with Crippen molar-refractivity contribution in [3.63, 3.8) is 0 Å². The number of allylic oxidation sites excluding steroid dienone is 1. The standard InChI is InChI=1S/C20H28O4/c1-19-8-7-12(21)9-11(19)3-4-13-14-5-6-15(18(23)24)20(14,2)10-16(22)17(13)19/h9,13-17,22H,3-8,10H2,1-2H3,(H,23,24)/t13?,14?,15-,16?,17?,19+,20+/m1/s1. The van der Waals surface area contributed by atoms with E-state index in [-0.39, 0.29) is 28.4 Å². The minimum Gasteiger partial charge on any atom is -0.481 e. The van der Waals surface area contributed by atoms with Gasteiger partial charge in [0.15, 0.2) is 5.78 Å². The van der Waals surface area contributed by atoms with E-state index in [9.17, 15) is 19.8 Å². The number of carboxylic acid groups (broad SMARTS) is 1. The molecule has 0 aromatic carbocycles. The van der Waals surface area contributed by atoms with Gasteiger partial charge in [0.2, 0.25) is 0 Å².